The third kappa shape index (κ3) is 5.81. The summed E-state index contributed by atoms with van der Waals surface area (Å²) < 4.78 is 0. The normalized spacial score (nSPS) is 12.3. The number of carboxylic acid groups (broad SMARTS) is 1. The number of carbonyl (C=O) groups excluding carboxylic acids is 1. The van der Waals surface area contributed by atoms with E-state index < -0.39 is 11.9 Å². The molecular weight excluding hydrogens is 326 g/mol. The lowest BCUT2D eigenvalue weighted by Crippen LogP contribution is -2.29. The van der Waals surface area contributed by atoms with Crippen LogP contribution in [-0.2, 0) is 9.59 Å². The van der Waals surface area contributed by atoms with Gasteiger partial charge in [0.25, 0.3) is 0 Å². The van der Waals surface area contributed by atoms with E-state index in [9.17, 15) is 9.59 Å². The van der Waals surface area contributed by atoms with Gasteiger partial charge in [0.05, 0.1) is 0 Å². The number of rotatable bonds is 10. The van der Waals surface area contributed by atoms with Crippen LogP contribution < -0.4 is 0 Å². The molecule has 2 rings (SSSR count). The van der Waals surface area contributed by atoms with Crippen LogP contribution in [0.25, 0.3) is 0 Å². The molecule has 4 nitrogen and oxygen atoms in total. The monoisotopic (exact) mass is 353 g/mol. The molecule has 1 N–H and O–H groups in total. The Kier molecular flexibility index (Phi) is 7.54. The smallest absolute Gasteiger partial charge is 0.314 e. The van der Waals surface area contributed by atoms with Crippen LogP contribution >= 0.6 is 0 Å². The first-order valence-corrected chi connectivity index (χ1v) is 9.00. The minimum atomic E-state index is -1.03. The van der Waals surface area contributed by atoms with Crippen molar-refractivity contribution >= 4 is 11.8 Å². The molecule has 0 aliphatic heterocycles. The molecule has 0 saturated heterocycles. The van der Waals surface area contributed by atoms with Crippen molar-refractivity contribution in [3.63, 3.8) is 0 Å². The molecule has 2 aromatic carbocycles. The first-order valence-electron chi connectivity index (χ1n) is 9.00. The van der Waals surface area contributed by atoms with Gasteiger partial charge in [-0.05, 0) is 51.0 Å². The van der Waals surface area contributed by atoms with Gasteiger partial charge in [-0.15, -0.1) is 0 Å². The van der Waals surface area contributed by atoms with Crippen LogP contribution in [-0.4, -0.2) is 41.9 Å². The summed E-state index contributed by atoms with van der Waals surface area (Å²) in [5, 5.41) is 9.13. The minimum Gasteiger partial charge on any atom is -0.481 e. The maximum absolute atomic E-state index is 11.4. The summed E-state index contributed by atoms with van der Waals surface area (Å²) in [7, 11) is 1.98. The summed E-state index contributed by atoms with van der Waals surface area (Å²) in [6.07, 6.45) is 1.28. The van der Waals surface area contributed by atoms with Gasteiger partial charge in [-0.3, -0.25) is 9.59 Å². The summed E-state index contributed by atoms with van der Waals surface area (Å²) in [6.45, 7) is 2.77. The van der Waals surface area contributed by atoms with Crippen molar-refractivity contribution in [3.8, 4) is 0 Å². The van der Waals surface area contributed by atoms with E-state index in [0.29, 0.717) is 18.9 Å². The van der Waals surface area contributed by atoms with Crippen molar-refractivity contribution in [1.29, 1.82) is 0 Å². The third-order valence-electron chi connectivity index (χ3n) is 4.79. The molecule has 0 saturated carbocycles. The Bertz CT molecular complexity index is 646. The molecule has 0 aliphatic rings. The van der Waals surface area contributed by atoms with Crippen molar-refractivity contribution in [2.75, 3.05) is 20.1 Å². The highest BCUT2D eigenvalue weighted by Gasteiger charge is 2.23. The summed E-state index contributed by atoms with van der Waals surface area (Å²) in [6, 6.07) is 20.8. The zero-order chi connectivity index (χ0) is 18.9. The molecule has 0 heterocycles. The molecule has 1 unspecified atom stereocenters. The van der Waals surface area contributed by atoms with Crippen LogP contribution in [0.15, 0.2) is 60.7 Å². The van der Waals surface area contributed by atoms with Crippen LogP contribution in [0.2, 0.25) is 0 Å². The number of carboxylic acids is 1. The van der Waals surface area contributed by atoms with Gasteiger partial charge >= 0.3 is 5.97 Å². The maximum Gasteiger partial charge on any atom is 0.314 e. The van der Waals surface area contributed by atoms with E-state index in [0.717, 1.165) is 13.0 Å². The first kappa shape index (κ1) is 19.9. The van der Waals surface area contributed by atoms with Crippen LogP contribution in [0.4, 0.5) is 0 Å². The number of benzene rings is 2. The van der Waals surface area contributed by atoms with Crippen molar-refractivity contribution in [2.24, 2.45) is 5.92 Å². The minimum absolute atomic E-state index is 0.280. The second kappa shape index (κ2) is 9.88. The molecule has 4 heteroatoms. The molecule has 1 atom stereocenters. The number of carbonyl (C=O) groups is 2. The highest BCUT2D eigenvalue weighted by molar-refractivity contribution is 5.96. The van der Waals surface area contributed by atoms with Crippen LogP contribution in [0.1, 0.15) is 36.8 Å². The molecule has 0 aliphatic carbocycles. The predicted molar refractivity (Wildman–Crippen MR) is 103 cm³/mol. The van der Waals surface area contributed by atoms with Crippen LogP contribution in [0.5, 0.6) is 0 Å². The zero-order valence-corrected chi connectivity index (χ0v) is 15.5. The Balaban J connectivity index is 1.99. The SMILES string of the molecule is CC(=O)C(CCN(C)CCC(c1ccccc1)c1ccccc1)C(=O)O. The van der Waals surface area contributed by atoms with Gasteiger partial charge in [0.1, 0.15) is 11.7 Å². The van der Waals surface area contributed by atoms with Crippen molar-refractivity contribution in [1.82, 2.24) is 4.90 Å². The standard InChI is InChI=1S/C22H27NO3/c1-17(24)20(22(25)26)13-15-23(2)16-14-21(18-9-5-3-6-10-18)19-11-7-4-8-12-19/h3-12,20-21H,13-16H2,1-2H3,(H,25,26). The lowest BCUT2D eigenvalue weighted by molar-refractivity contribution is -0.146. The molecule has 0 bridgehead atoms. The zero-order valence-electron chi connectivity index (χ0n) is 15.5. The second-order valence-corrected chi connectivity index (χ2v) is 6.76. The van der Waals surface area contributed by atoms with Gasteiger partial charge in [-0.2, -0.15) is 0 Å². The van der Waals surface area contributed by atoms with Gasteiger partial charge in [0, 0.05) is 5.92 Å². The topological polar surface area (TPSA) is 57.6 Å². The highest BCUT2D eigenvalue weighted by atomic mass is 16.4. The Morgan fingerprint density at radius 2 is 1.35 bits per heavy atom. The third-order valence-corrected chi connectivity index (χ3v) is 4.79. The summed E-state index contributed by atoms with van der Waals surface area (Å²) in [5.74, 6) is -1.92. The maximum atomic E-state index is 11.4. The lowest BCUT2D eigenvalue weighted by atomic mass is 9.88. The summed E-state index contributed by atoms with van der Waals surface area (Å²) in [5.41, 5.74) is 2.55. The molecule has 2 aromatic rings. The number of hydrogen-bond acceptors (Lipinski definition) is 3. The molecule has 0 fully saturated rings. The van der Waals surface area contributed by atoms with Gasteiger partial charge < -0.3 is 10.0 Å². The molecule has 26 heavy (non-hydrogen) atoms. The average molecular weight is 353 g/mol. The number of Topliss-reactive ketones (excluding diaryl/α,β-unsaturated/α-hetero) is 1. The average Bonchev–Trinajstić information content (AvgIpc) is 2.63. The van der Waals surface area contributed by atoms with Gasteiger partial charge in [-0.1, -0.05) is 60.7 Å². The van der Waals surface area contributed by atoms with Crippen molar-refractivity contribution in [3.05, 3.63) is 71.8 Å². The fourth-order valence-electron chi connectivity index (χ4n) is 3.21. The van der Waals surface area contributed by atoms with Crippen molar-refractivity contribution < 1.29 is 14.7 Å². The van der Waals surface area contributed by atoms with E-state index in [-0.39, 0.29) is 5.78 Å². The van der Waals surface area contributed by atoms with Gasteiger partial charge in [-0.25, -0.2) is 0 Å². The molecular formula is C22H27NO3. The fraction of sp³-hybridized carbons (Fsp3) is 0.364. The second-order valence-electron chi connectivity index (χ2n) is 6.76. The molecule has 0 aromatic heterocycles. The Hall–Kier alpha value is -2.46. The van der Waals surface area contributed by atoms with E-state index >= 15 is 0 Å². The van der Waals surface area contributed by atoms with Crippen LogP contribution in [0, 0.1) is 5.92 Å². The van der Waals surface area contributed by atoms with Crippen molar-refractivity contribution in [2.45, 2.75) is 25.7 Å². The van der Waals surface area contributed by atoms with E-state index in [4.69, 9.17) is 5.11 Å². The predicted octanol–water partition coefficient (Wildman–Crippen LogP) is 3.82. The number of aliphatic carboxylic acids is 1. The first-order chi connectivity index (χ1) is 12.5. The summed E-state index contributed by atoms with van der Waals surface area (Å²) >= 11 is 0. The highest BCUT2D eigenvalue weighted by Crippen LogP contribution is 2.28. The van der Waals surface area contributed by atoms with Gasteiger partial charge in [0.15, 0.2) is 0 Å². The number of hydrogen-bond donors (Lipinski definition) is 1. The fourth-order valence-corrected chi connectivity index (χ4v) is 3.21. The Morgan fingerprint density at radius 3 is 1.77 bits per heavy atom. The molecule has 0 amide bonds. The lowest BCUT2D eigenvalue weighted by Gasteiger charge is -2.23. The molecule has 0 radical (unpaired) electrons. The van der Waals surface area contributed by atoms with Crippen LogP contribution in [0.3, 0.4) is 0 Å². The van der Waals surface area contributed by atoms with E-state index in [1.54, 1.807) is 0 Å². The Morgan fingerprint density at radius 1 is 0.885 bits per heavy atom. The molecule has 0 spiro atoms. The largest absolute Gasteiger partial charge is 0.481 e. The quantitative estimate of drug-likeness (QED) is 0.660. The molecule has 138 valence electrons. The number of ketones is 1. The summed E-state index contributed by atoms with van der Waals surface area (Å²) in [4.78, 5) is 24.7. The van der Waals surface area contributed by atoms with E-state index in [1.807, 2.05) is 19.2 Å². The van der Waals surface area contributed by atoms with E-state index in [1.165, 1.54) is 18.1 Å². The van der Waals surface area contributed by atoms with Gasteiger partial charge in [0.2, 0.25) is 0 Å². The Labute approximate surface area is 155 Å². The number of nitrogens with zero attached hydrogens (tertiary/aromatic N) is 1. The van der Waals surface area contributed by atoms with E-state index in [2.05, 4.69) is 53.4 Å².